The maximum atomic E-state index is 12.5. The van der Waals surface area contributed by atoms with Crippen LogP contribution in [-0.4, -0.2) is 47.4 Å². The number of unbranched alkanes of at least 4 members (excludes halogenated alkanes) is 40. The molecule has 0 bridgehead atoms. The van der Waals surface area contributed by atoms with Gasteiger partial charge in [0.25, 0.3) is 0 Å². The summed E-state index contributed by atoms with van der Waals surface area (Å²) < 4.78 is 5.44. The maximum Gasteiger partial charge on any atom is 0.305 e. The highest BCUT2D eigenvalue weighted by Crippen LogP contribution is 2.17. The van der Waals surface area contributed by atoms with Crippen molar-refractivity contribution in [3.8, 4) is 0 Å². The number of aliphatic hydroxyl groups excluding tert-OH is 2. The van der Waals surface area contributed by atoms with Crippen molar-refractivity contribution in [2.45, 2.75) is 334 Å². The average molecular weight is 1010 g/mol. The van der Waals surface area contributed by atoms with E-state index in [1.165, 1.54) is 205 Å². The van der Waals surface area contributed by atoms with Gasteiger partial charge in [-0.2, -0.15) is 0 Å². The van der Waals surface area contributed by atoms with E-state index in [2.05, 4.69) is 67.8 Å². The van der Waals surface area contributed by atoms with Crippen LogP contribution in [0.3, 0.4) is 0 Å². The van der Waals surface area contributed by atoms with Crippen LogP contribution in [0.15, 0.2) is 60.8 Å². The molecule has 420 valence electrons. The van der Waals surface area contributed by atoms with E-state index in [1.54, 1.807) is 6.08 Å². The van der Waals surface area contributed by atoms with Gasteiger partial charge in [0.1, 0.15) is 0 Å². The van der Waals surface area contributed by atoms with E-state index in [0.717, 1.165) is 89.9 Å². The smallest absolute Gasteiger partial charge is 0.305 e. The molecule has 2 atom stereocenters. The quantitative estimate of drug-likeness (QED) is 0.0244. The summed E-state index contributed by atoms with van der Waals surface area (Å²) in [4.78, 5) is 24.5. The van der Waals surface area contributed by atoms with Gasteiger partial charge in [-0.05, 0) is 89.9 Å². The zero-order valence-corrected chi connectivity index (χ0v) is 47.9. The summed E-state index contributed by atoms with van der Waals surface area (Å²) in [7, 11) is 0. The fraction of sp³-hybridized carbons (Fsp3) is 0.818. The third-order valence-corrected chi connectivity index (χ3v) is 14.3. The Kier molecular flexibility index (Phi) is 59.0. The topological polar surface area (TPSA) is 95.9 Å². The van der Waals surface area contributed by atoms with Gasteiger partial charge in [-0.15, -0.1) is 0 Å². The highest BCUT2D eigenvalue weighted by Gasteiger charge is 2.18. The molecule has 0 aliphatic carbocycles. The number of aliphatic hydroxyl groups is 2. The van der Waals surface area contributed by atoms with E-state index in [0.29, 0.717) is 19.4 Å². The fourth-order valence-electron chi connectivity index (χ4n) is 9.41. The van der Waals surface area contributed by atoms with Crippen molar-refractivity contribution >= 4 is 11.9 Å². The molecule has 0 radical (unpaired) electrons. The Morgan fingerprint density at radius 1 is 0.403 bits per heavy atom. The van der Waals surface area contributed by atoms with Crippen LogP contribution < -0.4 is 5.32 Å². The van der Waals surface area contributed by atoms with Crippen molar-refractivity contribution in [1.29, 1.82) is 0 Å². The number of rotatable bonds is 58. The molecule has 3 N–H and O–H groups in total. The number of carbonyl (C=O) groups is 2. The van der Waals surface area contributed by atoms with E-state index in [9.17, 15) is 19.8 Å². The number of carbonyl (C=O) groups excluding carboxylic acids is 2. The normalized spacial score (nSPS) is 13.0. The summed E-state index contributed by atoms with van der Waals surface area (Å²) >= 11 is 0. The first kappa shape index (κ1) is 69.6. The first-order valence-electron chi connectivity index (χ1n) is 31.6. The van der Waals surface area contributed by atoms with Crippen LogP contribution in [0, 0.1) is 0 Å². The Morgan fingerprint density at radius 2 is 0.750 bits per heavy atom. The Morgan fingerprint density at radius 3 is 1.18 bits per heavy atom. The number of hydrogen-bond donors (Lipinski definition) is 3. The van der Waals surface area contributed by atoms with E-state index in [-0.39, 0.29) is 18.5 Å². The molecular formula is C66H121NO5. The number of allylic oxidation sites excluding steroid dienone is 9. The Balaban J connectivity index is 3.52. The molecule has 2 unspecified atom stereocenters. The lowest BCUT2D eigenvalue weighted by molar-refractivity contribution is -0.143. The molecule has 0 rings (SSSR count). The molecule has 0 aliphatic heterocycles. The van der Waals surface area contributed by atoms with Crippen molar-refractivity contribution < 1.29 is 24.5 Å². The molecule has 6 heteroatoms. The molecule has 0 aromatic heterocycles. The lowest BCUT2D eigenvalue weighted by atomic mass is 10.0. The standard InChI is InChI=1S/C66H121NO5/c1-3-5-7-9-11-13-15-17-19-20-21-22-23-25-28-31-34-38-42-46-50-54-58-64(69)63(62-68)67-65(70)59-55-51-47-43-39-35-32-29-26-24-27-30-33-37-41-45-49-53-57-61-72-66(71)60-56-52-48-44-40-36-18-16-14-12-10-8-6-4-2/h10,12,16,18,30,33,37,41,54,58,63-64,68-69H,3-9,11,13-15,17,19-29,31-32,34-36,38-40,42-53,55-57,59-62H2,1-2H3,(H,67,70)/b12-10-,18-16-,33-30-,41-37-,58-54+. The van der Waals surface area contributed by atoms with Gasteiger partial charge in [-0.25, -0.2) is 0 Å². The molecule has 0 aromatic rings. The molecule has 0 aliphatic rings. The summed E-state index contributed by atoms with van der Waals surface area (Å²) in [6.45, 7) is 4.83. The van der Waals surface area contributed by atoms with Crippen molar-refractivity contribution in [2.75, 3.05) is 13.2 Å². The van der Waals surface area contributed by atoms with Gasteiger partial charge in [0.05, 0.1) is 25.4 Å². The van der Waals surface area contributed by atoms with Gasteiger partial charge in [0.2, 0.25) is 5.91 Å². The molecule has 0 fully saturated rings. The van der Waals surface area contributed by atoms with Crippen molar-refractivity contribution in [1.82, 2.24) is 5.32 Å². The predicted molar refractivity (Wildman–Crippen MR) is 315 cm³/mol. The number of ether oxygens (including phenoxy) is 1. The third kappa shape index (κ3) is 56.8. The second kappa shape index (κ2) is 61.1. The predicted octanol–water partition coefficient (Wildman–Crippen LogP) is 19.9. The van der Waals surface area contributed by atoms with Crippen LogP contribution in [0.2, 0.25) is 0 Å². The fourth-order valence-corrected chi connectivity index (χ4v) is 9.41. The minimum Gasteiger partial charge on any atom is -0.466 e. The highest BCUT2D eigenvalue weighted by molar-refractivity contribution is 5.76. The number of nitrogens with one attached hydrogen (secondary N) is 1. The van der Waals surface area contributed by atoms with Crippen LogP contribution >= 0.6 is 0 Å². The molecule has 0 aromatic carbocycles. The molecule has 0 saturated heterocycles. The lowest BCUT2D eigenvalue weighted by Gasteiger charge is -2.20. The van der Waals surface area contributed by atoms with Crippen molar-refractivity contribution in [2.24, 2.45) is 0 Å². The number of amides is 1. The van der Waals surface area contributed by atoms with Gasteiger partial charge in [0.15, 0.2) is 0 Å². The zero-order valence-electron chi connectivity index (χ0n) is 47.9. The van der Waals surface area contributed by atoms with E-state index < -0.39 is 12.1 Å². The third-order valence-electron chi connectivity index (χ3n) is 14.3. The van der Waals surface area contributed by atoms with E-state index in [4.69, 9.17) is 4.74 Å². The van der Waals surface area contributed by atoms with Crippen LogP contribution in [0.5, 0.6) is 0 Å². The largest absolute Gasteiger partial charge is 0.466 e. The summed E-state index contributed by atoms with van der Waals surface area (Å²) in [5.41, 5.74) is 0. The summed E-state index contributed by atoms with van der Waals surface area (Å²) in [5.74, 6) is -0.106. The highest BCUT2D eigenvalue weighted by atomic mass is 16.5. The van der Waals surface area contributed by atoms with Crippen molar-refractivity contribution in [3.63, 3.8) is 0 Å². The van der Waals surface area contributed by atoms with Gasteiger partial charge in [-0.3, -0.25) is 9.59 Å². The summed E-state index contributed by atoms with van der Waals surface area (Å²) in [5, 5.41) is 23.2. The maximum absolute atomic E-state index is 12.5. The number of esters is 1. The van der Waals surface area contributed by atoms with Crippen molar-refractivity contribution in [3.05, 3.63) is 60.8 Å². The molecule has 6 nitrogen and oxygen atoms in total. The molecule has 1 amide bonds. The minimum atomic E-state index is -0.854. The molecule has 0 heterocycles. The second-order valence-corrected chi connectivity index (χ2v) is 21.4. The molecule has 72 heavy (non-hydrogen) atoms. The van der Waals surface area contributed by atoms with Crippen LogP contribution in [-0.2, 0) is 14.3 Å². The Labute approximate surface area is 448 Å². The molecule has 0 spiro atoms. The van der Waals surface area contributed by atoms with E-state index in [1.807, 2.05) is 6.08 Å². The van der Waals surface area contributed by atoms with Crippen LogP contribution in [0.25, 0.3) is 0 Å². The first-order valence-corrected chi connectivity index (χ1v) is 31.6. The Bertz CT molecular complexity index is 1250. The monoisotopic (exact) mass is 1010 g/mol. The first-order chi connectivity index (χ1) is 35.5. The lowest BCUT2D eigenvalue weighted by Crippen LogP contribution is -2.45. The van der Waals surface area contributed by atoms with Gasteiger partial charge < -0.3 is 20.3 Å². The Hall–Kier alpha value is -2.44. The summed E-state index contributed by atoms with van der Waals surface area (Å²) in [6, 6.07) is -0.638. The second-order valence-electron chi connectivity index (χ2n) is 21.4. The molecular weight excluding hydrogens is 887 g/mol. The SMILES string of the molecule is CCCC/C=C\C/C=C\CCCCCCCC(=O)OCCCCC/C=C\C=C/CCCCCCCCCCCCC(=O)NC(CO)C(O)/C=C/CCCCCCCCCCCCCCCCCCCCCC. The van der Waals surface area contributed by atoms with Gasteiger partial charge >= 0.3 is 5.97 Å². The average Bonchev–Trinajstić information content (AvgIpc) is 3.38. The summed E-state index contributed by atoms with van der Waals surface area (Å²) in [6.07, 6.45) is 79.7. The van der Waals surface area contributed by atoms with Crippen LogP contribution in [0.4, 0.5) is 0 Å². The van der Waals surface area contributed by atoms with Crippen LogP contribution in [0.1, 0.15) is 322 Å². The van der Waals surface area contributed by atoms with Gasteiger partial charge in [0, 0.05) is 12.8 Å². The van der Waals surface area contributed by atoms with E-state index >= 15 is 0 Å². The van der Waals surface area contributed by atoms with Gasteiger partial charge in [-0.1, -0.05) is 280 Å². The zero-order chi connectivity index (χ0) is 52.2. The number of hydrogen-bond acceptors (Lipinski definition) is 5. The minimum absolute atomic E-state index is 0.0291. The molecule has 0 saturated carbocycles.